The molecule has 10 rings (SSSR count). The third kappa shape index (κ3) is 3.71. The molecular weight excluding hydrogens is 609 g/mol. The molecule has 4 aromatic heterocycles. The van der Waals surface area contributed by atoms with E-state index >= 15 is 0 Å². The van der Waals surface area contributed by atoms with Gasteiger partial charge in [-0.2, -0.15) is 0 Å². The molecular formula is C46H40N4. The molecule has 0 fully saturated rings. The number of aromatic nitrogens is 4. The summed E-state index contributed by atoms with van der Waals surface area (Å²) >= 11 is 0. The van der Waals surface area contributed by atoms with Crippen molar-refractivity contribution in [1.82, 2.24) is 18.9 Å². The zero-order valence-corrected chi connectivity index (χ0v) is 29.8. The van der Waals surface area contributed by atoms with E-state index in [1.54, 1.807) is 0 Å². The van der Waals surface area contributed by atoms with Crippen LogP contribution in [0.25, 0.3) is 76.8 Å². The van der Waals surface area contributed by atoms with Gasteiger partial charge in [-0.05, 0) is 80.2 Å². The Kier molecular flexibility index (Phi) is 5.65. The lowest BCUT2D eigenvalue weighted by Gasteiger charge is -2.45. The molecule has 0 bridgehead atoms. The minimum atomic E-state index is -0.0848. The van der Waals surface area contributed by atoms with Gasteiger partial charge in [0.2, 0.25) is 0 Å². The summed E-state index contributed by atoms with van der Waals surface area (Å²) in [5, 5.41) is 8.66. The molecule has 0 radical (unpaired) electrons. The molecule has 0 unspecified atom stereocenters. The van der Waals surface area contributed by atoms with Gasteiger partial charge in [-0.1, -0.05) is 115 Å². The predicted octanol–water partition coefficient (Wildman–Crippen LogP) is 11.8. The maximum Gasteiger partial charge on any atom is 0.145 e. The van der Waals surface area contributed by atoms with Crippen molar-refractivity contribution in [3.8, 4) is 16.9 Å². The molecule has 0 atom stereocenters. The van der Waals surface area contributed by atoms with E-state index in [0.29, 0.717) is 0 Å². The number of benzene rings is 5. The number of hydrogen-bond acceptors (Lipinski definition) is 2. The molecule has 1 aliphatic heterocycles. The van der Waals surface area contributed by atoms with Crippen molar-refractivity contribution in [3.05, 3.63) is 132 Å². The van der Waals surface area contributed by atoms with Crippen molar-refractivity contribution in [2.45, 2.75) is 64.7 Å². The van der Waals surface area contributed by atoms with Crippen LogP contribution < -0.4 is 0 Å². The number of imidazole rings is 1. The standard InChI is InChI=1S/C46H40N4/c1-44(2,3)29-20-21-47-41(24-29)49-38-17-9-8-13-31(38)32-19-18-28(23-39(32)49)30-14-10-12-27-22-35-33-15-11-16-37-42(33)50-40(46(6,7)45(37,4)5)26-48-43(50)36(35)25-34(27)30/h8-26H,1-7H3. The van der Waals surface area contributed by atoms with E-state index in [1.807, 2.05) is 6.20 Å². The van der Waals surface area contributed by atoms with E-state index in [0.717, 1.165) is 17.0 Å². The van der Waals surface area contributed by atoms with Crippen molar-refractivity contribution in [3.63, 3.8) is 0 Å². The van der Waals surface area contributed by atoms with Crippen molar-refractivity contribution < 1.29 is 0 Å². The van der Waals surface area contributed by atoms with Gasteiger partial charge >= 0.3 is 0 Å². The summed E-state index contributed by atoms with van der Waals surface area (Å²) in [6, 6.07) is 38.4. The SMILES string of the molecule is CC(C)(C)c1ccnc(-n2c3ccccc3c3ccc(-c4cccc5cc6c(cc45)c4ncc5n4c4c(cccc64)C(C)(C)C5(C)C)cc32)c1. The predicted molar refractivity (Wildman–Crippen MR) is 210 cm³/mol. The van der Waals surface area contributed by atoms with Gasteiger partial charge in [0, 0.05) is 50.5 Å². The summed E-state index contributed by atoms with van der Waals surface area (Å²) in [4.78, 5) is 10.1. The van der Waals surface area contributed by atoms with Gasteiger partial charge in [-0.25, -0.2) is 9.97 Å². The van der Waals surface area contributed by atoms with Crippen molar-refractivity contribution >= 4 is 59.9 Å². The van der Waals surface area contributed by atoms with E-state index in [2.05, 4.69) is 167 Å². The number of pyridine rings is 2. The van der Waals surface area contributed by atoms with Gasteiger partial charge in [-0.3, -0.25) is 8.97 Å². The Balaban J connectivity index is 1.26. The van der Waals surface area contributed by atoms with E-state index < -0.39 is 0 Å². The van der Waals surface area contributed by atoms with E-state index in [1.165, 1.54) is 76.7 Å². The zero-order chi connectivity index (χ0) is 34.3. The highest BCUT2D eigenvalue weighted by molar-refractivity contribution is 6.19. The highest BCUT2D eigenvalue weighted by Gasteiger charge is 2.46. The molecule has 0 saturated carbocycles. The van der Waals surface area contributed by atoms with Crippen molar-refractivity contribution in [1.29, 1.82) is 0 Å². The number of para-hydroxylation sites is 2. The van der Waals surface area contributed by atoms with Crippen LogP contribution in [-0.4, -0.2) is 18.9 Å². The van der Waals surface area contributed by atoms with E-state index in [4.69, 9.17) is 9.97 Å². The molecule has 4 heteroatoms. The average Bonchev–Trinajstić information content (AvgIpc) is 3.70. The summed E-state index contributed by atoms with van der Waals surface area (Å²) in [7, 11) is 0. The van der Waals surface area contributed by atoms with Gasteiger partial charge < -0.3 is 0 Å². The molecule has 5 aromatic carbocycles. The average molecular weight is 649 g/mol. The van der Waals surface area contributed by atoms with Gasteiger partial charge in [0.25, 0.3) is 0 Å². The second kappa shape index (κ2) is 9.60. The summed E-state index contributed by atoms with van der Waals surface area (Å²) < 4.78 is 4.79. The monoisotopic (exact) mass is 648 g/mol. The second-order valence-corrected chi connectivity index (χ2v) is 16.4. The first kappa shape index (κ1) is 29.4. The van der Waals surface area contributed by atoms with Crippen LogP contribution >= 0.6 is 0 Å². The fourth-order valence-corrected chi connectivity index (χ4v) is 8.75. The molecule has 4 nitrogen and oxygen atoms in total. The maximum absolute atomic E-state index is 5.16. The minimum Gasteiger partial charge on any atom is -0.295 e. The number of hydrogen-bond donors (Lipinski definition) is 0. The van der Waals surface area contributed by atoms with Crippen LogP contribution in [0.2, 0.25) is 0 Å². The van der Waals surface area contributed by atoms with Crippen LogP contribution in [-0.2, 0) is 16.2 Å². The molecule has 244 valence electrons. The number of nitrogens with zero attached hydrogens (tertiary/aromatic N) is 4. The van der Waals surface area contributed by atoms with Crippen LogP contribution in [0.15, 0.2) is 116 Å². The smallest absolute Gasteiger partial charge is 0.145 e. The molecule has 50 heavy (non-hydrogen) atoms. The molecule has 5 heterocycles. The highest BCUT2D eigenvalue weighted by Crippen LogP contribution is 2.51. The molecule has 0 aliphatic carbocycles. The van der Waals surface area contributed by atoms with Gasteiger partial charge in [-0.15, -0.1) is 0 Å². The summed E-state index contributed by atoms with van der Waals surface area (Å²) in [5.41, 5.74) is 10.9. The van der Waals surface area contributed by atoms with Gasteiger partial charge in [0.05, 0.1) is 16.6 Å². The Hall–Kier alpha value is -5.48. The quantitative estimate of drug-likeness (QED) is 0.138. The topological polar surface area (TPSA) is 35.1 Å². The lowest BCUT2D eigenvalue weighted by Crippen LogP contribution is -2.44. The largest absolute Gasteiger partial charge is 0.295 e. The van der Waals surface area contributed by atoms with Crippen LogP contribution in [0.3, 0.4) is 0 Å². The third-order valence-electron chi connectivity index (χ3n) is 12.3. The Morgan fingerprint density at radius 1 is 0.600 bits per heavy atom. The van der Waals surface area contributed by atoms with Crippen LogP contribution in [0.5, 0.6) is 0 Å². The van der Waals surface area contributed by atoms with Gasteiger partial charge in [0.15, 0.2) is 0 Å². The summed E-state index contributed by atoms with van der Waals surface area (Å²) in [6.45, 7) is 16.3. The normalized spacial score (nSPS) is 15.4. The van der Waals surface area contributed by atoms with Crippen LogP contribution in [0.4, 0.5) is 0 Å². The molecule has 1 aliphatic rings. The number of rotatable bonds is 2. The second-order valence-electron chi connectivity index (χ2n) is 16.4. The Morgan fingerprint density at radius 2 is 1.38 bits per heavy atom. The molecule has 0 spiro atoms. The summed E-state index contributed by atoms with van der Waals surface area (Å²) in [6.07, 6.45) is 4.07. The fourth-order valence-electron chi connectivity index (χ4n) is 8.75. The fraction of sp³-hybridized carbons (Fsp3) is 0.217. The first-order valence-corrected chi connectivity index (χ1v) is 17.8. The molecule has 9 aromatic rings. The third-order valence-corrected chi connectivity index (χ3v) is 12.3. The summed E-state index contributed by atoms with van der Waals surface area (Å²) in [5.74, 6) is 0.945. The Morgan fingerprint density at radius 3 is 2.22 bits per heavy atom. The highest BCUT2D eigenvalue weighted by atomic mass is 15.1. The Bertz CT molecular complexity index is 2910. The van der Waals surface area contributed by atoms with Crippen molar-refractivity contribution in [2.24, 2.45) is 0 Å². The lowest BCUT2D eigenvalue weighted by atomic mass is 9.61. The molecule has 0 saturated heterocycles. The van der Waals surface area contributed by atoms with Crippen LogP contribution in [0.1, 0.15) is 65.3 Å². The Labute approximate surface area is 292 Å². The zero-order valence-electron chi connectivity index (χ0n) is 29.8. The van der Waals surface area contributed by atoms with E-state index in [9.17, 15) is 0 Å². The van der Waals surface area contributed by atoms with E-state index in [-0.39, 0.29) is 16.2 Å². The lowest BCUT2D eigenvalue weighted by molar-refractivity contribution is 0.288. The van der Waals surface area contributed by atoms with Gasteiger partial charge in [0.1, 0.15) is 11.5 Å². The minimum absolute atomic E-state index is 0.0197. The maximum atomic E-state index is 5.16. The molecule has 0 N–H and O–H groups in total. The molecule has 0 amide bonds. The number of fused-ring (bicyclic) bond motifs is 7. The van der Waals surface area contributed by atoms with Crippen molar-refractivity contribution in [2.75, 3.05) is 0 Å². The first-order valence-electron chi connectivity index (χ1n) is 17.8. The van der Waals surface area contributed by atoms with Crippen LogP contribution in [0, 0.1) is 0 Å². The first-order chi connectivity index (χ1) is 23.9.